The molecule has 0 unspecified atom stereocenters. The molecule has 8 aromatic carbocycles. The van der Waals surface area contributed by atoms with Crippen molar-refractivity contribution in [2.24, 2.45) is 0 Å². The Morgan fingerprint density at radius 3 is 0.674 bits per heavy atom. The molecule has 0 N–H and O–H groups in total. The van der Waals surface area contributed by atoms with Gasteiger partial charge in [0.05, 0.1) is 0 Å². The van der Waals surface area contributed by atoms with Gasteiger partial charge in [0, 0.05) is 19.0 Å². The van der Waals surface area contributed by atoms with Crippen molar-refractivity contribution in [3.8, 4) is 0 Å². The van der Waals surface area contributed by atoms with Gasteiger partial charge in [-0.25, -0.2) is 0 Å². The summed E-state index contributed by atoms with van der Waals surface area (Å²) in [5.74, 6) is 0. The van der Waals surface area contributed by atoms with E-state index < -0.39 is 0 Å². The fourth-order valence-corrected chi connectivity index (χ4v) is 4.28. The Balaban J connectivity index is 0. The molecule has 8 rings (SSSR count). The number of hydrogen-bond acceptors (Lipinski definition) is 0. The molecule has 6 heteroatoms. The molecule has 0 aliphatic rings. The van der Waals surface area contributed by atoms with E-state index in [9.17, 15) is 0 Å². The maximum atomic E-state index is 2.15. The molecule has 6 radical (unpaired) electrons. The van der Waals surface area contributed by atoms with Crippen LogP contribution in [-0.2, 0) is 52.4 Å². The zero-order chi connectivity index (χ0) is 29.8. The van der Waals surface area contributed by atoms with Gasteiger partial charge in [-0.1, -0.05) is 50.5 Å². The molecule has 0 fully saturated rings. The third-order valence-electron chi connectivity index (χ3n) is 6.19. The fraction of sp³-hybridized carbons (Fsp3) is 0.100. The topological polar surface area (TPSA) is 0 Å². The molecule has 0 spiro atoms. The minimum atomic E-state index is 0. The van der Waals surface area contributed by atoms with Crippen LogP contribution in [0.4, 0.5) is 0 Å². The molecular weight excluding hydrogens is 790 g/mol. The molecule has 230 valence electrons. The third-order valence-corrected chi connectivity index (χ3v) is 6.19. The number of hydrogen-bond donors (Lipinski definition) is 0. The number of fused-ring (bicyclic) bond motifs is 4. The number of benzene rings is 4. The second-order valence-corrected chi connectivity index (χ2v) is 11.6. The second-order valence-electron chi connectivity index (χ2n) is 9.62. The Morgan fingerprint density at radius 2 is 0.500 bits per heavy atom. The van der Waals surface area contributed by atoms with Gasteiger partial charge >= 0.3 is 52.4 Å². The van der Waals surface area contributed by atoms with Crippen LogP contribution in [0.2, 0.25) is 26.2 Å². The van der Waals surface area contributed by atoms with Crippen LogP contribution >= 0.6 is 0 Å². The molecule has 0 aliphatic carbocycles. The van der Waals surface area contributed by atoms with Crippen molar-refractivity contribution in [2.45, 2.75) is 26.2 Å². The quantitative estimate of drug-likeness (QED) is 0.134. The van der Waals surface area contributed by atoms with E-state index in [0.29, 0.717) is 0 Å². The summed E-state index contributed by atoms with van der Waals surface area (Å²) in [6, 6.07) is 58.7. The molecule has 0 aliphatic heterocycles. The maximum Gasteiger partial charge on any atom is 3.00 e. The zero-order valence-corrected chi connectivity index (χ0v) is 35.3. The minimum Gasteiger partial charge on any atom is -1.00 e. The zero-order valence-electron chi connectivity index (χ0n) is 26.9. The summed E-state index contributed by atoms with van der Waals surface area (Å²) in [6.07, 6.45) is 0. The van der Waals surface area contributed by atoms with Crippen molar-refractivity contribution in [3.63, 3.8) is 0 Å². The first-order valence-electron chi connectivity index (χ1n) is 14.3. The molecule has 0 bridgehead atoms. The van der Waals surface area contributed by atoms with Gasteiger partial charge in [-0.2, -0.15) is 70.1 Å². The average molecular weight is 830 g/mol. The molecule has 0 amide bonds. The van der Waals surface area contributed by atoms with E-state index in [2.05, 4.69) is 196 Å². The van der Waals surface area contributed by atoms with Gasteiger partial charge in [0.1, 0.15) is 0 Å². The van der Waals surface area contributed by atoms with Crippen molar-refractivity contribution in [3.05, 3.63) is 170 Å². The van der Waals surface area contributed by atoms with E-state index in [-0.39, 0.29) is 77.2 Å². The van der Waals surface area contributed by atoms with Crippen LogP contribution in [0.3, 0.4) is 0 Å². The van der Waals surface area contributed by atoms with Crippen LogP contribution in [-0.4, -0.2) is 19.0 Å². The minimum absolute atomic E-state index is 0. The smallest absolute Gasteiger partial charge is 1.00 e. The molecule has 0 nitrogen and oxygen atoms in total. The van der Waals surface area contributed by atoms with E-state index in [1.807, 2.05) is 0 Å². The molecule has 0 atom stereocenters. The van der Waals surface area contributed by atoms with Crippen LogP contribution in [0, 0.1) is 0 Å². The predicted molar refractivity (Wildman–Crippen MR) is 193 cm³/mol. The van der Waals surface area contributed by atoms with E-state index in [0.717, 1.165) is 19.0 Å². The predicted octanol–water partition coefficient (Wildman–Crippen LogP) is 5.81. The monoisotopic (exact) mass is 826 g/mol. The van der Waals surface area contributed by atoms with Gasteiger partial charge in [-0.15, -0.1) is 119 Å². The van der Waals surface area contributed by atoms with E-state index >= 15 is 0 Å². The van der Waals surface area contributed by atoms with E-state index in [4.69, 9.17) is 0 Å². The standard InChI is InChI=1S/4C9H7.2C2H6Si.2ClH.2Zr/c4*1-2-5-9-7-3-6-8(9)4-1;2*1-3-2;;;;/h4*1-7H;2*1-2H3;2*1H;;/q4*-1;;;;;2*+3/p-2. The fourth-order valence-electron chi connectivity index (χ4n) is 4.28. The van der Waals surface area contributed by atoms with Gasteiger partial charge in [0.15, 0.2) is 0 Å². The first kappa shape index (κ1) is 46.2. The van der Waals surface area contributed by atoms with Crippen molar-refractivity contribution in [1.82, 2.24) is 0 Å². The molecule has 8 aromatic rings. The average Bonchev–Trinajstić information content (AvgIpc) is 3.85. The van der Waals surface area contributed by atoms with Gasteiger partial charge in [-0.05, 0) is 0 Å². The molecule has 46 heavy (non-hydrogen) atoms. The summed E-state index contributed by atoms with van der Waals surface area (Å²) < 4.78 is 0. The molecule has 0 saturated carbocycles. The van der Waals surface area contributed by atoms with E-state index in [1.165, 1.54) is 43.1 Å². The summed E-state index contributed by atoms with van der Waals surface area (Å²) in [5, 5.41) is 10.6. The summed E-state index contributed by atoms with van der Waals surface area (Å²) in [6.45, 7) is 8.61. The molecule has 0 saturated heterocycles. The first-order valence-corrected chi connectivity index (χ1v) is 18.3. The Labute approximate surface area is 332 Å². The van der Waals surface area contributed by atoms with Gasteiger partial charge in [0.2, 0.25) is 0 Å². The van der Waals surface area contributed by atoms with Crippen LogP contribution in [0.5, 0.6) is 0 Å². The summed E-state index contributed by atoms with van der Waals surface area (Å²) in [5.41, 5.74) is 0. The van der Waals surface area contributed by atoms with E-state index in [1.54, 1.807) is 0 Å². The first-order chi connectivity index (χ1) is 20.7. The Morgan fingerprint density at radius 1 is 0.326 bits per heavy atom. The Hall–Kier alpha value is -1.90. The molecular formula is C40H40Cl2Si2Zr2. The summed E-state index contributed by atoms with van der Waals surface area (Å²) in [7, 11) is 2.17. The van der Waals surface area contributed by atoms with Crippen molar-refractivity contribution < 1.29 is 77.2 Å². The normalized spacial score (nSPS) is 8.78. The van der Waals surface area contributed by atoms with Crippen LogP contribution in [0.25, 0.3) is 43.1 Å². The van der Waals surface area contributed by atoms with Crippen molar-refractivity contribution >= 4 is 62.1 Å². The van der Waals surface area contributed by atoms with Gasteiger partial charge in [0.25, 0.3) is 0 Å². The summed E-state index contributed by atoms with van der Waals surface area (Å²) in [4.78, 5) is 0. The third kappa shape index (κ3) is 16.3. The van der Waals surface area contributed by atoms with Crippen LogP contribution < -0.4 is 24.8 Å². The Kier molecular flexibility index (Phi) is 28.3. The van der Waals surface area contributed by atoms with Gasteiger partial charge < -0.3 is 24.8 Å². The second kappa shape index (κ2) is 28.1. The molecule has 0 heterocycles. The largest absolute Gasteiger partial charge is 3.00 e. The number of halogens is 2. The van der Waals surface area contributed by atoms with Crippen LogP contribution in [0.15, 0.2) is 170 Å². The SMILES string of the molecule is C[Si]C.C[Si]C.[Cl-].[Cl-].[Zr+3].[Zr+3].c1ccc2[cH-]ccc2c1.c1ccc2[cH-]ccc2c1.c1ccc2[cH-]ccc2c1.c1ccc2[cH-]ccc2c1. The van der Waals surface area contributed by atoms with Crippen molar-refractivity contribution in [2.75, 3.05) is 0 Å². The van der Waals surface area contributed by atoms with Crippen molar-refractivity contribution in [1.29, 1.82) is 0 Å². The summed E-state index contributed by atoms with van der Waals surface area (Å²) >= 11 is 0. The Bertz CT molecular complexity index is 1430. The molecule has 0 aromatic heterocycles. The number of rotatable bonds is 0. The van der Waals surface area contributed by atoms with Crippen LogP contribution in [0.1, 0.15) is 0 Å². The van der Waals surface area contributed by atoms with Gasteiger partial charge in [-0.3, -0.25) is 0 Å². The maximum absolute atomic E-state index is 2.15.